The minimum atomic E-state index is -6.05. The molecule has 0 aliphatic heterocycles. The van der Waals surface area contributed by atoms with Crippen molar-refractivity contribution in [2.45, 2.75) is 11.0 Å². The zero-order valence-corrected chi connectivity index (χ0v) is 13.6. The zero-order chi connectivity index (χ0) is 20.0. The smallest absolute Gasteiger partial charge is 0.375 e. The average molecular weight is 424 g/mol. The first kappa shape index (κ1) is 20.1. The highest BCUT2D eigenvalue weighted by Gasteiger charge is 2.49. The first-order valence-corrected chi connectivity index (χ1v) is 9.00. The predicted molar refractivity (Wildman–Crippen MR) is 75.2 cm³/mol. The molecule has 144 valence electrons. The third-order valence-corrected chi connectivity index (χ3v) is 4.74. The SMILES string of the molecule is O=S(=O)(Oc1cccc2c(OS(=O)(=O)C(F)(F)F)cccc12)C(F)(F)F. The fraction of sp³-hybridized carbons (Fsp3) is 0.167. The maximum atomic E-state index is 12.4. The molecular formula is C12H6F6O6S2. The molecule has 0 N–H and O–H groups in total. The fourth-order valence-corrected chi connectivity index (χ4v) is 2.68. The van der Waals surface area contributed by atoms with Crippen LogP contribution in [0.15, 0.2) is 36.4 Å². The van der Waals surface area contributed by atoms with Gasteiger partial charge in [0.05, 0.1) is 0 Å². The lowest BCUT2D eigenvalue weighted by molar-refractivity contribution is -0.0504. The van der Waals surface area contributed by atoms with E-state index in [1.807, 2.05) is 0 Å². The molecule has 0 atom stereocenters. The lowest BCUT2D eigenvalue weighted by atomic mass is 10.1. The monoisotopic (exact) mass is 424 g/mol. The van der Waals surface area contributed by atoms with Gasteiger partial charge in [-0.15, -0.1) is 0 Å². The molecule has 2 aromatic carbocycles. The third kappa shape index (κ3) is 3.80. The van der Waals surface area contributed by atoms with Gasteiger partial charge in [0.25, 0.3) is 0 Å². The molecule has 0 amide bonds. The summed E-state index contributed by atoms with van der Waals surface area (Å²) in [6.45, 7) is 0. The van der Waals surface area contributed by atoms with Crippen molar-refractivity contribution < 1.29 is 51.5 Å². The van der Waals surface area contributed by atoms with Crippen LogP contribution in [0, 0.1) is 0 Å². The summed E-state index contributed by atoms with van der Waals surface area (Å²) in [7, 11) is -12.1. The maximum Gasteiger partial charge on any atom is 0.534 e. The van der Waals surface area contributed by atoms with Gasteiger partial charge in [-0.25, -0.2) is 0 Å². The standard InChI is InChI=1S/C12H6F6O6S2/c13-11(14,15)25(19,20)23-9-5-1-3-7-8(9)4-2-6-10(7)24-26(21,22)12(16,17)18/h1-6H. The molecule has 0 aliphatic carbocycles. The summed E-state index contributed by atoms with van der Waals surface area (Å²) in [5.74, 6) is -1.76. The molecule has 6 nitrogen and oxygen atoms in total. The van der Waals surface area contributed by atoms with Gasteiger partial charge in [0, 0.05) is 10.8 Å². The number of rotatable bonds is 4. The van der Waals surface area contributed by atoms with Gasteiger partial charge < -0.3 is 8.37 Å². The summed E-state index contributed by atoms with van der Waals surface area (Å²) < 4.78 is 127. The first-order chi connectivity index (χ1) is 11.7. The van der Waals surface area contributed by atoms with Crippen LogP contribution in [-0.2, 0) is 20.2 Å². The van der Waals surface area contributed by atoms with Gasteiger partial charge in [-0.2, -0.15) is 43.2 Å². The lowest BCUT2D eigenvalue weighted by Gasteiger charge is -2.14. The second-order valence-electron chi connectivity index (χ2n) is 4.57. The second kappa shape index (κ2) is 6.19. The van der Waals surface area contributed by atoms with Crippen LogP contribution in [0.5, 0.6) is 11.5 Å². The van der Waals surface area contributed by atoms with Crippen LogP contribution in [0.25, 0.3) is 10.8 Å². The van der Waals surface area contributed by atoms with E-state index in [9.17, 15) is 43.2 Å². The van der Waals surface area contributed by atoms with E-state index in [0.29, 0.717) is 0 Å². The molecule has 0 fully saturated rings. The van der Waals surface area contributed by atoms with Gasteiger partial charge in [0.15, 0.2) is 11.5 Å². The zero-order valence-electron chi connectivity index (χ0n) is 12.0. The normalized spacial score (nSPS) is 13.6. The van der Waals surface area contributed by atoms with Gasteiger partial charge in [0.2, 0.25) is 0 Å². The van der Waals surface area contributed by atoms with Crippen LogP contribution < -0.4 is 8.37 Å². The summed E-state index contributed by atoms with van der Waals surface area (Å²) in [4.78, 5) is 0. The molecular weight excluding hydrogens is 418 g/mol. The van der Waals surface area contributed by atoms with E-state index < -0.39 is 53.5 Å². The lowest BCUT2D eigenvalue weighted by Crippen LogP contribution is -2.28. The molecule has 0 unspecified atom stereocenters. The van der Waals surface area contributed by atoms with Gasteiger partial charge in [-0.1, -0.05) is 24.3 Å². The summed E-state index contributed by atoms with van der Waals surface area (Å²) in [6.07, 6.45) is 0. The second-order valence-corrected chi connectivity index (χ2v) is 7.65. The average Bonchev–Trinajstić information content (AvgIpc) is 2.45. The molecule has 0 saturated carbocycles. The van der Waals surface area contributed by atoms with Crippen molar-refractivity contribution >= 4 is 31.0 Å². The molecule has 26 heavy (non-hydrogen) atoms. The van der Waals surface area contributed by atoms with Gasteiger partial charge in [-0.05, 0) is 12.1 Å². The van der Waals surface area contributed by atoms with E-state index in [0.717, 1.165) is 36.4 Å². The molecule has 2 rings (SSSR count). The number of benzene rings is 2. The van der Waals surface area contributed by atoms with Gasteiger partial charge in [-0.3, -0.25) is 0 Å². The minimum Gasteiger partial charge on any atom is -0.375 e. The van der Waals surface area contributed by atoms with Crippen molar-refractivity contribution in [3.63, 3.8) is 0 Å². The largest absolute Gasteiger partial charge is 0.534 e. The Labute approximate surface area is 142 Å². The van der Waals surface area contributed by atoms with Gasteiger partial charge in [0.1, 0.15) is 0 Å². The Morgan fingerprint density at radius 3 is 1.19 bits per heavy atom. The first-order valence-electron chi connectivity index (χ1n) is 6.19. The summed E-state index contributed by atoms with van der Waals surface area (Å²) in [5.41, 5.74) is -11.5. The van der Waals surface area contributed by atoms with Crippen molar-refractivity contribution in [3.05, 3.63) is 36.4 Å². The predicted octanol–water partition coefficient (Wildman–Crippen LogP) is 3.30. The van der Waals surface area contributed by atoms with Crippen LogP contribution in [-0.4, -0.2) is 27.9 Å². The van der Waals surface area contributed by atoms with E-state index >= 15 is 0 Å². The number of hydrogen-bond donors (Lipinski definition) is 0. The number of hydrogen-bond acceptors (Lipinski definition) is 6. The molecule has 0 heterocycles. The Kier molecular flexibility index (Phi) is 4.78. The van der Waals surface area contributed by atoms with Crippen molar-refractivity contribution in [3.8, 4) is 11.5 Å². The summed E-state index contributed by atoms with van der Waals surface area (Å²) >= 11 is 0. The number of alkyl halides is 6. The van der Waals surface area contributed by atoms with Crippen LogP contribution in [0.4, 0.5) is 26.3 Å². The molecule has 0 bridgehead atoms. The van der Waals surface area contributed by atoms with E-state index in [-0.39, 0.29) is 0 Å². The minimum absolute atomic E-state index is 0.421. The Balaban J connectivity index is 2.57. The van der Waals surface area contributed by atoms with Crippen LogP contribution >= 0.6 is 0 Å². The number of fused-ring (bicyclic) bond motifs is 1. The number of halogens is 6. The molecule has 0 radical (unpaired) electrons. The summed E-state index contributed by atoms with van der Waals surface area (Å²) in [6, 6.07) is 5.49. The Hall–Kier alpha value is -2.22. The third-order valence-electron chi connectivity index (χ3n) is 2.81. The molecule has 0 aliphatic rings. The fourth-order valence-electron chi connectivity index (χ4n) is 1.73. The van der Waals surface area contributed by atoms with Crippen molar-refractivity contribution in [2.75, 3.05) is 0 Å². The molecule has 14 heteroatoms. The van der Waals surface area contributed by atoms with Crippen LogP contribution in [0.2, 0.25) is 0 Å². The van der Waals surface area contributed by atoms with E-state index in [4.69, 9.17) is 0 Å². The van der Waals surface area contributed by atoms with E-state index in [1.54, 1.807) is 0 Å². The van der Waals surface area contributed by atoms with E-state index in [2.05, 4.69) is 8.37 Å². The Morgan fingerprint density at radius 2 is 0.923 bits per heavy atom. The Bertz CT molecular complexity index is 955. The van der Waals surface area contributed by atoms with Crippen molar-refractivity contribution in [2.24, 2.45) is 0 Å². The highest BCUT2D eigenvalue weighted by Crippen LogP contribution is 2.37. The molecule has 0 aromatic heterocycles. The van der Waals surface area contributed by atoms with Crippen molar-refractivity contribution in [1.29, 1.82) is 0 Å². The van der Waals surface area contributed by atoms with Crippen LogP contribution in [0.1, 0.15) is 0 Å². The molecule has 0 saturated heterocycles. The summed E-state index contributed by atoms with van der Waals surface area (Å²) in [5, 5.41) is -0.842. The van der Waals surface area contributed by atoms with E-state index in [1.165, 1.54) is 0 Å². The maximum absolute atomic E-state index is 12.4. The van der Waals surface area contributed by atoms with Crippen LogP contribution in [0.3, 0.4) is 0 Å². The Morgan fingerprint density at radius 1 is 0.615 bits per heavy atom. The molecule has 0 spiro atoms. The highest BCUT2D eigenvalue weighted by atomic mass is 32.2. The topological polar surface area (TPSA) is 86.7 Å². The molecule has 2 aromatic rings. The quantitative estimate of drug-likeness (QED) is 0.425. The van der Waals surface area contributed by atoms with Gasteiger partial charge >= 0.3 is 31.3 Å². The highest BCUT2D eigenvalue weighted by molar-refractivity contribution is 7.88. The van der Waals surface area contributed by atoms with Crippen molar-refractivity contribution in [1.82, 2.24) is 0 Å².